The van der Waals surface area contributed by atoms with Crippen LogP contribution >= 0.6 is 27.3 Å². The first-order chi connectivity index (χ1) is 6.26. The average Bonchev–Trinajstić information content (AvgIpc) is 2.61. The molecule has 0 fully saturated rings. The van der Waals surface area contributed by atoms with Crippen LogP contribution in [0.3, 0.4) is 0 Å². The Morgan fingerprint density at radius 1 is 1.38 bits per heavy atom. The molecular formula is C11H17BrS. The van der Waals surface area contributed by atoms with Crippen molar-refractivity contribution in [2.45, 2.75) is 33.1 Å². The Kier molecular flexibility index (Phi) is 5.04. The maximum absolute atomic E-state index is 3.51. The summed E-state index contributed by atoms with van der Waals surface area (Å²) in [4.78, 5) is 3.06. The first-order valence-corrected chi connectivity index (χ1v) is 6.83. The Hall–Kier alpha value is 0.180. The van der Waals surface area contributed by atoms with Crippen molar-refractivity contribution >= 4 is 27.3 Å². The highest BCUT2D eigenvalue weighted by Crippen LogP contribution is 2.20. The van der Waals surface area contributed by atoms with Crippen molar-refractivity contribution in [1.82, 2.24) is 0 Å². The molecule has 0 N–H and O–H groups in total. The van der Waals surface area contributed by atoms with Gasteiger partial charge >= 0.3 is 0 Å². The molecule has 0 saturated carbocycles. The molecule has 1 unspecified atom stereocenters. The van der Waals surface area contributed by atoms with Gasteiger partial charge in [0.2, 0.25) is 0 Å². The molecule has 0 spiro atoms. The number of hydrogen-bond donors (Lipinski definition) is 0. The van der Waals surface area contributed by atoms with E-state index in [9.17, 15) is 0 Å². The van der Waals surface area contributed by atoms with Gasteiger partial charge in [0, 0.05) is 15.1 Å². The van der Waals surface area contributed by atoms with Gasteiger partial charge in [0.25, 0.3) is 0 Å². The number of halogens is 1. The SMILES string of the molecule is CCc1ccc(CCC(C)CBr)s1. The van der Waals surface area contributed by atoms with E-state index in [4.69, 9.17) is 0 Å². The average molecular weight is 261 g/mol. The van der Waals surface area contributed by atoms with Gasteiger partial charge in [0.15, 0.2) is 0 Å². The summed E-state index contributed by atoms with van der Waals surface area (Å²) in [6.07, 6.45) is 3.73. The third-order valence-electron chi connectivity index (χ3n) is 2.21. The molecule has 0 radical (unpaired) electrons. The molecule has 1 heterocycles. The van der Waals surface area contributed by atoms with Gasteiger partial charge in [-0.05, 0) is 37.3 Å². The van der Waals surface area contributed by atoms with Crippen LogP contribution in [0.2, 0.25) is 0 Å². The van der Waals surface area contributed by atoms with Crippen LogP contribution in [-0.4, -0.2) is 5.33 Å². The van der Waals surface area contributed by atoms with Crippen LogP contribution in [0, 0.1) is 5.92 Å². The molecule has 0 aliphatic heterocycles. The highest BCUT2D eigenvalue weighted by molar-refractivity contribution is 9.09. The highest BCUT2D eigenvalue weighted by atomic mass is 79.9. The fourth-order valence-corrected chi connectivity index (χ4v) is 2.51. The van der Waals surface area contributed by atoms with Gasteiger partial charge in [-0.3, -0.25) is 0 Å². The molecule has 1 rings (SSSR count). The molecule has 0 aromatic carbocycles. The van der Waals surface area contributed by atoms with Crippen molar-refractivity contribution in [1.29, 1.82) is 0 Å². The molecule has 0 saturated heterocycles. The lowest BCUT2D eigenvalue weighted by molar-refractivity contribution is 0.603. The minimum atomic E-state index is 0.798. The molecule has 74 valence electrons. The number of rotatable bonds is 5. The van der Waals surface area contributed by atoms with Crippen LogP contribution < -0.4 is 0 Å². The zero-order valence-corrected chi connectivity index (χ0v) is 10.7. The van der Waals surface area contributed by atoms with Crippen molar-refractivity contribution < 1.29 is 0 Å². The van der Waals surface area contributed by atoms with Gasteiger partial charge in [-0.1, -0.05) is 29.8 Å². The summed E-state index contributed by atoms with van der Waals surface area (Å²) in [5, 5.41) is 1.12. The molecule has 0 aliphatic carbocycles. The Morgan fingerprint density at radius 2 is 2.08 bits per heavy atom. The zero-order valence-electron chi connectivity index (χ0n) is 8.35. The quantitative estimate of drug-likeness (QED) is 0.694. The van der Waals surface area contributed by atoms with E-state index < -0.39 is 0 Å². The summed E-state index contributed by atoms with van der Waals surface area (Å²) in [7, 11) is 0. The summed E-state index contributed by atoms with van der Waals surface area (Å²) >= 11 is 5.48. The minimum Gasteiger partial charge on any atom is -0.145 e. The summed E-state index contributed by atoms with van der Waals surface area (Å²) < 4.78 is 0. The largest absolute Gasteiger partial charge is 0.145 e. The van der Waals surface area contributed by atoms with Gasteiger partial charge in [-0.2, -0.15) is 0 Å². The van der Waals surface area contributed by atoms with Crippen molar-refractivity contribution in [2.75, 3.05) is 5.33 Å². The maximum Gasteiger partial charge on any atom is 0.00571 e. The van der Waals surface area contributed by atoms with Gasteiger partial charge in [-0.25, -0.2) is 0 Å². The molecule has 0 bridgehead atoms. The van der Waals surface area contributed by atoms with Crippen molar-refractivity contribution in [3.8, 4) is 0 Å². The second-order valence-corrected chi connectivity index (χ2v) is 5.42. The Morgan fingerprint density at radius 3 is 2.62 bits per heavy atom. The van der Waals surface area contributed by atoms with Gasteiger partial charge in [0.05, 0.1) is 0 Å². The Bertz CT molecular complexity index is 242. The number of thiophene rings is 1. The molecule has 1 aromatic rings. The lowest BCUT2D eigenvalue weighted by Crippen LogP contribution is -1.96. The van der Waals surface area contributed by atoms with E-state index in [-0.39, 0.29) is 0 Å². The molecule has 0 aliphatic rings. The predicted molar refractivity (Wildman–Crippen MR) is 65.0 cm³/mol. The summed E-state index contributed by atoms with van der Waals surface area (Å²) in [6, 6.07) is 4.54. The normalized spacial score (nSPS) is 13.2. The van der Waals surface area contributed by atoms with Crippen molar-refractivity contribution in [3.05, 3.63) is 21.9 Å². The van der Waals surface area contributed by atoms with E-state index >= 15 is 0 Å². The van der Waals surface area contributed by atoms with Crippen LogP contribution in [-0.2, 0) is 12.8 Å². The van der Waals surface area contributed by atoms with Crippen LogP contribution in [0.15, 0.2) is 12.1 Å². The number of hydrogen-bond acceptors (Lipinski definition) is 1. The van der Waals surface area contributed by atoms with Crippen LogP contribution in [0.4, 0.5) is 0 Å². The first kappa shape index (κ1) is 11.3. The fourth-order valence-electron chi connectivity index (χ4n) is 1.21. The summed E-state index contributed by atoms with van der Waals surface area (Å²) in [5.74, 6) is 0.798. The number of alkyl halides is 1. The van der Waals surface area contributed by atoms with E-state index in [1.807, 2.05) is 11.3 Å². The Labute approximate surface area is 93.5 Å². The van der Waals surface area contributed by atoms with Crippen LogP contribution in [0.25, 0.3) is 0 Å². The van der Waals surface area contributed by atoms with Gasteiger partial charge in [-0.15, -0.1) is 11.3 Å². The monoisotopic (exact) mass is 260 g/mol. The molecule has 1 aromatic heterocycles. The zero-order chi connectivity index (χ0) is 9.68. The predicted octanol–water partition coefficient (Wildman–Crippen LogP) is 4.27. The lowest BCUT2D eigenvalue weighted by atomic mass is 10.1. The molecule has 13 heavy (non-hydrogen) atoms. The van der Waals surface area contributed by atoms with E-state index in [1.54, 1.807) is 4.88 Å². The maximum atomic E-state index is 3.51. The minimum absolute atomic E-state index is 0.798. The highest BCUT2D eigenvalue weighted by Gasteiger charge is 2.02. The molecule has 2 heteroatoms. The lowest BCUT2D eigenvalue weighted by Gasteiger charge is -2.04. The second kappa shape index (κ2) is 5.82. The summed E-state index contributed by atoms with van der Waals surface area (Å²) in [6.45, 7) is 4.51. The molecule has 0 amide bonds. The number of aryl methyl sites for hydroxylation is 2. The van der Waals surface area contributed by atoms with Gasteiger partial charge in [0.1, 0.15) is 0 Å². The third-order valence-corrected chi connectivity index (χ3v) is 4.61. The standard InChI is InChI=1S/C11H17BrS/c1-3-10-6-7-11(13-10)5-4-9(2)8-12/h6-7,9H,3-5,8H2,1-2H3. The summed E-state index contributed by atoms with van der Waals surface area (Å²) in [5.41, 5.74) is 0. The fraction of sp³-hybridized carbons (Fsp3) is 0.636. The molecule has 0 nitrogen and oxygen atoms in total. The van der Waals surface area contributed by atoms with Gasteiger partial charge < -0.3 is 0 Å². The van der Waals surface area contributed by atoms with E-state index in [0.717, 1.165) is 11.2 Å². The van der Waals surface area contributed by atoms with Crippen LogP contribution in [0.5, 0.6) is 0 Å². The molecular weight excluding hydrogens is 244 g/mol. The second-order valence-electron chi connectivity index (χ2n) is 3.52. The Balaban J connectivity index is 2.36. The molecule has 1 atom stereocenters. The van der Waals surface area contributed by atoms with E-state index in [2.05, 4.69) is 41.9 Å². The van der Waals surface area contributed by atoms with E-state index in [0.29, 0.717) is 0 Å². The third kappa shape index (κ3) is 3.82. The topological polar surface area (TPSA) is 0 Å². The van der Waals surface area contributed by atoms with E-state index in [1.165, 1.54) is 24.1 Å². The smallest absolute Gasteiger partial charge is 0.00571 e. The van der Waals surface area contributed by atoms with Crippen molar-refractivity contribution in [2.24, 2.45) is 5.92 Å². The van der Waals surface area contributed by atoms with Crippen molar-refractivity contribution in [3.63, 3.8) is 0 Å². The first-order valence-electron chi connectivity index (χ1n) is 4.89. The van der Waals surface area contributed by atoms with Crippen LogP contribution in [0.1, 0.15) is 30.0 Å².